The number of carbonyl (C=O) groups is 2. The highest BCUT2D eigenvalue weighted by Gasteiger charge is 2.35. The molecule has 0 bridgehead atoms. The monoisotopic (exact) mass is 407 g/mol. The first-order valence-electron chi connectivity index (χ1n) is 10.3. The van der Waals surface area contributed by atoms with E-state index in [1.807, 2.05) is 42.5 Å². The van der Waals surface area contributed by atoms with Crippen LogP contribution in [0.2, 0.25) is 0 Å². The number of rotatable bonds is 7. The minimum atomic E-state index is -0.590. The molecule has 2 aromatic rings. The molecule has 0 amide bonds. The van der Waals surface area contributed by atoms with Crippen LogP contribution >= 0.6 is 0 Å². The highest BCUT2D eigenvalue weighted by molar-refractivity contribution is 6.35. The number of ketones is 1. The first-order valence-corrected chi connectivity index (χ1v) is 10.3. The number of nitrogens with zero attached hydrogens (tertiary/aromatic N) is 1. The molecule has 1 heterocycles. The van der Waals surface area contributed by atoms with Crippen LogP contribution in [0, 0.1) is 0 Å². The Bertz CT molecular complexity index is 961. The summed E-state index contributed by atoms with van der Waals surface area (Å²) in [6, 6.07) is 14.9. The predicted octanol–water partition coefficient (Wildman–Crippen LogP) is 2.96. The van der Waals surface area contributed by atoms with E-state index in [2.05, 4.69) is 4.90 Å². The molecule has 6 nitrogen and oxygen atoms in total. The summed E-state index contributed by atoms with van der Waals surface area (Å²) in [6.07, 6.45) is 0. The third kappa shape index (κ3) is 4.15. The first-order chi connectivity index (χ1) is 14.7. The Balaban J connectivity index is 1.57. The van der Waals surface area contributed by atoms with Gasteiger partial charge in [0, 0.05) is 30.8 Å². The predicted molar refractivity (Wildman–Crippen MR) is 113 cm³/mol. The van der Waals surface area contributed by atoms with Crippen LogP contribution in [0.15, 0.2) is 54.1 Å². The Kier molecular flexibility index (Phi) is 6.26. The summed E-state index contributed by atoms with van der Waals surface area (Å²) < 4.78 is 16.4. The molecule has 0 saturated carbocycles. The van der Waals surface area contributed by atoms with Gasteiger partial charge in [-0.05, 0) is 36.2 Å². The van der Waals surface area contributed by atoms with Gasteiger partial charge in [0.2, 0.25) is 5.78 Å². The van der Waals surface area contributed by atoms with E-state index in [4.69, 9.17) is 14.2 Å². The summed E-state index contributed by atoms with van der Waals surface area (Å²) in [6.45, 7) is 6.57. The van der Waals surface area contributed by atoms with Gasteiger partial charge in [-0.15, -0.1) is 0 Å². The molecule has 6 heteroatoms. The lowest BCUT2D eigenvalue weighted by Crippen LogP contribution is -2.38. The van der Waals surface area contributed by atoms with E-state index in [9.17, 15) is 9.59 Å². The molecule has 0 aromatic heterocycles. The van der Waals surface area contributed by atoms with E-state index in [0.29, 0.717) is 23.5 Å². The van der Waals surface area contributed by atoms with E-state index in [1.165, 1.54) is 0 Å². The standard InChI is InChI=1S/C24H25NO5/c1-2-29-24(27)22-21(17-6-4-3-5-7-17)19-9-8-18(16-20(19)23(22)26)30-15-12-25-10-13-28-14-11-25/h3-9,16H,2,10-15H2,1H3. The van der Waals surface area contributed by atoms with Gasteiger partial charge in [-0.3, -0.25) is 9.69 Å². The molecule has 1 aliphatic heterocycles. The Labute approximate surface area is 176 Å². The Hall–Kier alpha value is -2.96. The highest BCUT2D eigenvalue weighted by atomic mass is 16.5. The summed E-state index contributed by atoms with van der Waals surface area (Å²) in [5, 5.41) is 0. The molecule has 30 heavy (non-hydrogen) atoms. The number of Topliss-reactive ketones (excluding diaryl/α,β-unsaturated/α-hetero) is 1. The van der Waals surface area contributed by atoms with Gasteiger partial charge in [0.05, 0.1) is 19.8 Å². The zero-order valence-corrected chi connectivity index (χ0v) is 17.1. The molecule has 1 aliphatic carbocycles. The van der Waals surface area contributed by atoms with Crippen molar-refractivity contribution in [3.8, 4) is 5.75 Å². The van der Waals surface area contributed by atoms with Gasteiger partial charge >= 0.3 is 5.97 Å². The molecule has 0 radical (unpaired) electrons. The molecule has 156 valence electrons. The molecule has 0 spiro atoms. The molecular weight excluding hydrogens is 382 g/mol. The number of morpholine rings is 1. The lowest BCUT2D eigenvalue weighted by Gasteiger charge is -2.26. The van der Waals surface area contributed by atoms with Crippen molar-refractivity contribution in [3.05, 3.63) is 70.8 Å². The van der Waals surface area contributed by atoms with E-state index < -0.39 is 5.97 Å². The fourth-order valence-electron chi connectivity index (χ4n) is 3.82. The quantitative estimate of drug-likeness (QED) is 0.519. The fraction of sp³-hybridized carbons (Fsp3) is 0.333. The molecule has 2 aliphatic rings. The summed E-state index contributed by atoms with van der Waals surface area (Å²) >= 11 is 0. The van der Waals surface area contributed by atoms with E-state index in [1.54, 1.807) is 13.0 Å². The highest BCUT2D eigenvalue weighted by Crippen LogP contribution is 2.39. The topological polar surface area (TPSA) is 65.1 Å². The second-order valence-corrected chi connectivity index (χ2v) is 7.18. The largest absolute Gasteiger partial charge is 0.492 e. The van der Waals surface area contributed by atoms with Gasteiger partial charge < -0.3 is 14.2 Å². The zero-order valence-electron chi connectivity index (χ0n) is 17.1. The van der Waals surface area contributed by atoms with Crippen molar-refractivity contribution in [2.24, 2.45) is 0 Å². The number of hydrogen-bond acceptors (Lipinski definition) is 6. The van der Waals surface area contributed by atoms with Crippen molar-refractivity contribution < 1.29 is 23.8 Å². The number of esters is 1. The lowest BCUT2D eigenvalue weighted by molar-refractivity contribution is -0.137. The average Bonchev–Trinajstić information content (AvgIpc) is 3.07. The van der Waals surface area contributed by atoms with Crippen molar-refractivity contribution in [1.29, 1.82) is 0 Å². The van der Waals surface area contributed by atoms with Crippen LogP contribution in [0.1, 0.15) is 28.4 Å². The molecule has 0 N–H and O–H groups in total. The van der Waals surface area contributed by atoms with Gasteiger partial charge in [0.15, 0.2) is 0 Å². The smallest absolute Gasteiger partial charge is 0.342 e. The normalized spacial score (nSPS) is 16.5. The Morgan fingerprint density at radius 2 is 1.83 bits per heavy atom. The molecule has 2 aromatic carbocycles. The van der Waals surface area contributed by atoms with Crippen LogP contribution < -0.4 is 4.74 Å². The van der Waals surface area contributed by atoms with Crippen molar-refractivity contribution in [3.63, 3.8) is 0 Å². The van der Waals surface area contributed by atoms with Crippen LogP contribution in [-0.2, 0) is 14.3 Å². The van der Waals surface area contributed by atoms with Crippen LogP contribution in [0.3, 0.4) is 0 Å². The summed E-state index contributed by atoms with van der Waals surface area (Å²) in [5.74, 6) is -0.291. The molecule has 0 atom stereocenters. The van der Waals surface area contributed by atoms with Gasteiger partial charge in [-0.25, -0.2) is 4.79 Å². The molecule has 4 rings (SSSR count). The maximum absolute atomic E-state index is 13.1. The molecule has 0 unspecified atom stereocenters. The minimum absolute atomic E-state index is 0.0866. The first kappa shape index (κ1) is 20.3. The number of carbonyl (C=O) groups excluding carboxylic acids is 2. The van der Waals surface area contributed by atoms with Crippen molar-refractivity contribution in [1.82, 2.24) is 4.90 Å². The number of benzene rings is 2. The Morgan fingerprint density at radius 1 is 1.07 bits per heavy atom. The minimum Gasteiger partial charge on any atom is -0.492 e. The van der Waals surface area contributed by atoms with Crippen LogP contribution in [0.5, 0.6) is 5.75 Å². The third-order valence-corrected chi connectivity index (χ3v) is 5.30. The third-order valence-electron chi connectivity index (χ3n) is 5.30. The second kappa shape index (κ2) is 9.24. The number of ether oxygens (including phenoxy) is 3. The summed E-state index contributed by atoms with van der Waals surface area (Å²) in [5.41, 5.74) is 2.72. The lowest BCUT2D eigenvalue weighted by atomic mass is 9.97. The zero-order chi connectivity index (χ0) is 20.9. The van der Waals surface area contributed by atoms with Crippen molar-refractivity contribution >= 4 is 17.3 Å². The van der Waals surface area contributed by atoms with Crippen molar-refractivity contribution in [2.75, 3.05) is 46.1 Å². The van der Waals surface area contributed by atoms with Crippen LogP contribution in [0.25, 0.3) is 5.57 Å². The van der Waals surface area contributed by atoms with E-state index in [-0.39, 0.29) is 18.0 Å². The van der Waals surface area contributed by atoms with E-state index in [0.717, 1.165) is 44.0 Å². The summed E-state index contributed by atoms with van der Waals surface area (Å²) in [4.78, 5) is 28.0. The second-order valence-electron chi connectivity index (χ2n) is 7.18. The number of hydrogen-bond donors (Lipinski definition) is 0. The van der Waals surface area contributed by atoms with Gasteiger partial charge in [-0.1, -0.05) is 30.3 Å². The van der Waals surface area contributed by atoms with Gasteiger partial charge in [0.25, 0.3) is 0 Å². The van der Waals surface area contributed by atoms with Crippen LogP contribution in [0.4, 0.5) is 0 Å². The number of fused-ring (bicyclic) bond motifs is 1. The van der Waals surface area contributed by atoms with Crippen molar-refractivity contribution in [2.45, 2.75) is 6.92 Å². The maximum Gasteiger partial charge on any atom is 0.342 e. The SMILES string of the molecule is CCOC(=O)C1=C(c2ccccc2)c2ccc(OCCN3CCOCC3)cc2C1=O. The fourth-order valence-corrected chi connectivity index (χ4v) is 3.82. The average molecular weight is 407 g/mol. The van der Waals surface area contributed by atoms with Gasteiger partial charge in [-0.2, -0.15) is 0 Å². The molecule has 1 saturated heterocycles. The maximum atomic E-state index is 13.1. The summed E-state index contributed by atoms with van der Waals surface area (Å²) in [7, 11) is 0. The molecule has 1 fully saturated rings. The van der Waals surface area contributed by atoms with E-state index >= 15 is 0 Å². The Morgan fingerprint density at radius 3 is 2.57 bits per heavy atom. The van der Waals surface area contributed by atoms with Gasteiger partial charge in [0.1, 0.15) is 17.9 Å². The molecular formula is C24H25NO5. The van der Waals surface area contributed by atoms with Crippen LogP contribution in [-0.4, -0.2) is 62.7 Å².